The minimum atomic E-state index is -3.44. The summed E-state index contributed by atoms with van der Waals surface area (Å²) in [6.45, 7) is 0. The molecule has 2 aromatic carbocycles. The van der Waals surface area contributed by atoms with Crippen LogP contribution in [0.5, 0.6) is 0 Å². The predicted molar refractivity (Wildman–Crippen MR) is 85.0 cm³/mol. The molecule has 5 nitrogen and oxygen atoms in total. The maximum atomic E-state index is 12.1. The Balaban J connectivity index is 2.04. The highest BCUT2D eigenvalue weighted by Crippen LogP contribution is 2.13. The number of benzene rings is 2. The minimum Gasteiger partial charge on any atom is -0.384 e. The summed E-state index contributed by atoms with van der Waals surface area (Å²) in [5.74, 6) is -0.0956. The SMILES string of the molecule is N=C(N)c1cccc(NS(=O)(=O)CCc2ccccc2)c1. The van der Waals surface area contributed by atoms with Crippen LogP contribution in [0.2, 0.25) is 0 Å². The van der Waals surface area contributed by atoms with E-state index in [-0.39, 0.29) is 11.6 Å². The zero-order valence-electron chi connectivity index (χ0n) is 11.4. The molecular weight excluding hydrogens is 286 g/mol. The third-order valence-corrected chi connectivity index (χ3v) is 4.24. The van der Waals surface area contributed by atoms with Crippen molar-refractivity contribution < 1.29 is 8.42 Å². The first kappa shape index (κ1) is 15.1. The molecule has 6 heteroatoms. The van der Waals surface area contributed by atoms with Gasteiger partial charge >= 0.3 is 0 Å². The van der Waals surface area contributed by atoms with E-state index in [0.29, 0.717) is 17.7 Å². The Bertz CT molecular complexity index is 728. The number of amidine groups is 1. The molecule has 0 amide bonds. The lowest BCUT2D eigenvalue weighted by atomic mass is 10.2. The lowest BCUT2D eigenvalue weighted by Crippen LogP contribution is -2.19. The van der Waals surface area contributed by atoms with Gasteiger partial charge in [-0.2, -0.15) is 0 Å². The predicted octanol–water partition coefficient (Wildman–Crippen LogP) is 1.96. The molecule has 0 spiro atoms. The Kier molecular flexibility index (Phi) is 4.59. The molecule has 0 radical (unpaired) electrons. The van der Waals surface area contributed by atoms with E-state index < -0.39 is 10.0 Å². The molecule has 4 N–H and O–H groups in total. The summed E-state index contributed by atoms with van der Waals surface area (Å²) < 4.78 is 26.6. The van der Waals surface area contributed by atoms with E-state index in [9.17, 15) is 8.42 Å². The van der Waals surface area contributed by atoms with Crippen LogP contribution in [0.25, 0.3) is 0 Å². The minimum absolute atomic E-state index is 0.00130. The first-order valence-corrected chi connectivity index (χ1v) is 8.10. The number of rotatable bonds is 6. The van der Waals surface area contributed by atoms with Crippen molar-refractivity contribution in [2.24, 2.45) is 5.73 Å². The summed E-state index contributed by atoms with van der Waals surface area (Å²) in [5, 5.41) is 7.36. The van der Waals surface area contributed by atoms with Crippen molar-refractivity contribution in [3.05, 3.63) is 65.7 Å². The molecule has 0 saturated heterocycles. The second kappa shape index (κ2) is 6.41. The number of hydrogen-bond acceptors (Lipinski definition) is 3. The number of anilines is 1. The molecule has 0 heterocycles. The highest BCUT2D eigenvalue weighted by Gasteiger charge is 2.11. The zero-order chi connectivity index (χ0) is 15.3. The molecule has 2 rings (SSSR count). The van der Waals surface area contributed by atoms with Crippen molar-refractivity contribution in [2.75, 3.05) is 10.5 Å². The van der Waals surface area contributed by atoms with E-state index in [1.807, 2.05) is 30.3 Å². The number of nitrogens with one attached hydrogen (secondary N) is 2. The summed E-state index contributed by atoms with van der Waals surface area (Å²) >= 11 is 0. The van der Waals surface area contributed by atoms with E-state index in [0.717, 1.165) is 5.56 Å². The van der Waals surface area contributed by atoms with Gasteiger partial charge in [0.2, 0.25) is 10.0 Å². The molecule has 0 saturated carbocycles. The summed E-state index contributed by atoms with van der Waals surface area (Å²) in [7, 11) is -3.44. The molecule has 0 unspecified atom stereocenters. The second-order valence-corrected chi connectivity index (χ2v) is 6.49. The Morgan fingerprint density at radius 3 is 2.48 bits per heavy atom. The topological polar surface area (TPSA) is 96.0 Å². The Hall–Kier alpha value is -2.34. The van der Waals surface area contributed by atoms with Gasteiger partial charge in [-0.1, -0.05) is 42.5 Å². The molecule has 0 fully saturated rings. The van der Waals surface area contributed by atoms with Crippen LogP contribution in [0.4, 0.5) is 5.69 Å². The number of hydrogen-bond donors (Lipinski definition) is 3. The fourth-order valence-electron chi connectivity index (χ4n) is 1.88. The molecule has 2 aromatic rings. The molecule has 0 aromatic heterocycles. The highest BCUT2D eigenvalue weighted by atomic mass is 32.2. The summed E-state index contributed by atoms with van der Waals surface area (Å²) in [4.78, 5) is 0. The average Bonchev–Trinajstić information content (AvgIpc) is 2.46. The van der Waals surface area contributed by atoms with E-state index in [4.69, 9.17) is 11.1 Å². The summed E-state index contributed by atoms with van der Waals surface area (Å²) in [5.41, 5.74) is 7.26. The summed E-state index contributed by atoms with van der Waals surface area (Å²) in [6, 6.07) is 15.9. The third kappa shape index (κ3) is 4.61. The fourth-order valence-corrected chi connectivity index (χ4v) is 2.97. The third-order valence-electron chi connectivity index (χ3n) is 2.95. The van der Waals surface area contributed by atoms with E-state index in [1.54, 1.807) is 24.3 Å². The van der Waals surface area contributed by atoms with Crippen molar-refractivity contribution in [3.8, 4) is 0 Å². The molecule has 0 aliphatic carbocycles. The lowest BCUT2D eigenvalue weighted by Gasteiger charge is -2.09. The first-order chi connectivity index (χ1) is 9.96. The van der Waals surface area contributed by atoms with Gasteiger partial charge in [-0.3, -0.25) is 10.1 Å². The quantitative estimate of drug-likeness (QED) is 0.562. The first-order valence-electron chi connectivity index (χ1n) is 6.45. The van der Waals surface area contributed by atoms with Crippen molar-refractivity contribution in [1.82, 2.24) is 0 Å². The lowest BCUT2D eigenvalue weighted by molar-refractivity contribution is 0.600. The molecule has 0 atom stereocenters. The molecule has 0 aliphatic heterocycles. The van der Waals surface area contributed by atoms with Crippen LogP contribution in [-0.2, 0) is 16.4 Å². The number of aryl methyl sites for hydroxylation is 1. The Morgan fingerprint density at radius 1 is 1.10 bits per heavy atom. The molecule has 110 valence electrons. The van der Waals surface area contributed by atoms with Gasteiger partial charge in [0.15, 0.2) is 0 Å². The van der Waals surface area contributed by atoms with Gasteiger partial charge < -0.3 is 5.73 Å². The summed E-state index contributed by atoms with van der Waals surface area (Å²) in [6.07, 6.45) is 0.447. The van der Waals surface area contributed by atoms with Gasteiger partial charge in [-0.25, -0.2) is 8.42 Å². The van der Waals surface area contributed by atoms with Gasteiger partial charge in [-0.15, -0.1) is 0 Å². The monoisotopic (exact) mass is 303 g/mol. The molecular formula is C15H17N3O2S. The van der Waals surface area contributed by atoms with Gasteiger partial charge in [-0.05, 0) is 24.1 Å². The van der Waals surface area contributed by atoms with Crippen LogP contribution in [-0.4, -0.2) is 20.0 Å². The number of nitrogen functional groups attached to an aromatic ring is 1. The average molecular weight is 303 g/mol. The van der Waals surface area contributed by atoms with Crippen molar-refractivity contribution in [3.63, 3.8) is 0 Å². The van der Waals surface area contributed by atoms with Crippen LogP contribution in [0.1, 0.15) is 11.1 Å². The largest absolute Gasteiger partial charge is 0.384 e. The van der Waals surface area contributed by atoms with Crippen molar-refractivity contribution in [2.45, 2.75) is 6.42 Å². The maximum absolute atomic E-state index is 12.1. The maximum Gasteiger partial charge on any atom is 0.233 e. The Morgan fingerprint density at radius 2 is 1.81 bits per heavy atom. The zero-order valence-corrected chi connectivity index (χ0v) is 12.2. The highest BCUT2D eigenvalue weighted by molar-refractivity contribution is 7.92. The van der Waals surface area contributed by atoms with Crippen LogP contribution < -0.4 is 10.5 Å². The van der Waals surface area contributed by atoms with E-state index in [2.05, 4.69) is 4.72 Å². The van der Waals surface area contributed by atoms with Crippen molar-refractivity contribution in [1.29, 1.82) is 5.41 Å². The fraction of sp³-hybridized carbons (Fsp3) is 0.133. The normalized spacial score (nSPS) is 11.0. The molecule has 0 aliphatic rings. The number of nitrogens with two attached hydrogens (primary N) is 1. The second-order valence-electron chi connectivity index (χ2n) is 4.65. The van der Waals surface area contributed by atoms with Gasteiger partial charge in [0.1, 0.15) is 5.84 Å². The smallest absolute Gasteiger partial charge is 0.233 e. The molecule has 21 heavy (non-hydrogen) atoms. The molecule has 0 bridgehead atoms. The van der Waals surface area contributed by atoms with Gasteiger partial charge in [0.05, 0.1) is 5.75 Å². The van der Waals surface area contributed by atoms with Crippen molar-refractivity contribution >= 4 is 21.5 Å². The Labute approximate surface area is 124 Å². The van der Waals surface area contributed by atoms with E-state index >= 15 is 0 Å². The van der Waals surface area contributed by atoms with Crippen LogP contribution in [0, 0.1) is 5.41 Å². The van der Waals surface area contributed by atoms with Crippen LogP contribution >= 0.6 is 0 Å². The standard InChI is InChI=1S/C15H17N3O2S/c16-15(17)13-7-4-8-14(11-13)18-21(19,20)10-9-12-5-2-1-3-6-12/h1-8,11,18H,9-10H2,(H3,16,17). The van der Waals surface area contributed by atoms with E-state index in [1.165, 1.54) is 0 Å². The van der Waals surface area contributed by atoms with Gasteiger partial charge in [0, 0.05) is 11.3 Å². The van der Waals surface area contributed by atoms with Crippen LogP contribution in [0.15, 0.2) is 54.6 Å². The number of sulfonamides is 1. The van der Waals surface area contributed by atoms with Crippen LogP contribution in [0.3, 0.4) is 0 Å². The van der Waals surface area contributed by atoms with Gasteiger partial charge in [0.25, 0.3) is 0 Å².